The van der Waals surface area contributed by atoms with Crippen molar-refractivity contribution in [1.29, 1.82) is 0 Å². The predicted octanol–water partition coefficient (Wildman–Crippen LogP) is -0.174. The molecule has 3 atom stereocenters. The zero-order valence-corrected chi connectivity index (χ0v) is 8.17. The van der Waals surface area contributed by atoms with E-state index in [0.29, 0.717) is 13.0 Å². The van der Waals surface area contributed by atoms with E-state index in [1.807, 2.05) is 0 Å². The average Bonchev–Trinajstić information content (AvgIpc) is 2.18. The average molecular weight is 202 g/mol. The Kier molecular flexibility index (Phi) is 5.11. The molecule has 0 spiro atoms. The van der Waals surface area contributed by atoms with Crippen LogP contribution >= 0.6 is 0 Å². The minimum atomic E-state index is -0.653. The lowest BCUT2D eigenvalue weighted by Crippen LogP contribution is -2.36. The Bertz CT molecular complexity index is 181. The highest BCUT2D eigenvalue weighted by molar-refractivity contribution is 4.91. The van der Waals surface area contributed by atoms with E-state index in [-0.39, 0.29) is 12.7 Å². The molecule has 4 nitrogen and oxygen atoms in total. The van der Waals surface area contributed by atoms with Gasteiger partial charge in [0.05, 0.1) is 24.9 Å². The molecule has 1 aliphatic heterocycles. The van der Waals surface area contributed by atoms with Crippen LogP contribution in [-0.4, -0.2) is 46.8 Å². The van der Waals surface area contributed by atoms with E-state index in [9.17, 15) is 10.2 Å². The van der Waals surface area contributed by atoms with Crippen LogP contribution in [0.5, 0.6) is 0 Å². The van der Waals surface area contributed by atoms with E-state index < -0.39 is 12.2 Å². The van der Waals surface area contributed by atoms with Crippen molar-refractivity contribution in [2.75, 3.05) is 13.2 Å². The summed E-state index contributed by atoms with van der Waals surface area (Å²) < 4.78 is 5.33. The highest BCUT2D eigenvalue weighted by atomic mass is 16.5. The summed E-state index contributed by atoms with van der Waals surface area (Å²) in [6, 6.07) is 0. The van der Waals surface area contributed by atoms with Crippen LogP contribution in [-0.2, 0) is 4.74 Å². The van der Waals surface area contributed by atoms with E-state index in [4.69, 9.17) is 9.84 Å². The third-order valence-electron chi connectivity index (χ3n) is 2.34. The lowest BCUT2D eigenvalue weighted by Gasteiger charge is -2.28. The Morgan fingerprint density at radius 1 is 1.50 bits per heavy atom. The van der Waals surface area contributed by atoms with Gasteiger partial charge in [-0.25, -0.2) is 0 Å². The first-order valence-electron chi connectivity index (χ1n) is 4.99. The Labute approximate surface area is 83.8 Å². The second-order valence-electron chi connectivity index (χ2n) is 3.53. The molecule has 4 heteroatoms. The van der Waals surface area contributed by atoms with Gasteiger partial charge in [-0.2, -0.15) is 0 Å². The Balaban J connectivity index is 2.30. The second kappa shape index (κ2) is 6.14. The van der Waals surface area contributed by atoms with Gasteiger partial charge in [-0.05, 0) is 12.8 Å². The molecule has 1 fully saturated rings. The Morgan fingerprint density at radius 3 is 2.93 bits per heavy atom. The molecule has 0 aromatic heterocycles. The highest BCUT2D eigenvalue weighted by Crippen LogP contribution is 2.18. The monoisotopic (exact) mass is 202 g/mol. The maximum atomic E-state index is 9.53. The smallest absolute Gasteiger partial charge is 0.0861 e. The molecular formula is C10H18O4. The molecular weight excluding hydrogens is 184 g/mol. The summed E-state index contributed by atoms with van der Waals surface area (Å²) >= 11 is 0. The van der Waals surface area contributed by atoms with E-state index in [2.05, 4.69) is 0 Å². The molecule has 0 aromatic carbocycles. The molecule has 0 aromatic rings. The Morgan fingerprint density at radius 2 is 2.29 bits per heavy atom. The number of ether oxygens (including phenoxy) is 1. The minimum absolute atomic E-state index is 0.0782. The summed E-state index contributed by atoms with van der Waals surface area (Å²) in [5, 5.41) is 27.5. The van der Waals surface area contributed by atoms with E-state index >= 15 is 0 Å². The summed E-state index contributed by atoms with van der Waals surface area (Å²) in [5.41, 5.74) is 0. The molecule has 3 N–H and O–H groups in total. The van der Waals surface area contributed by atoms with Crippen molar-refractivity contribution >= 4 is 0 Å². The van der Waals surface area contributed by atoms with Crippen molar-refractivity contribution in [3.8, 4) is 0 Å². The number of rotatable bonds is 4. The largest absolute Gasteiger partial charge is 0.392 e. The molecule has 1 aliphatic rings. The van der Waals surface area contributed by atoms with Crippen molar-refractivity contribution < 1.29 is 20.1 Å². The molecule has 0 aliphatic carbocycles. The van der Waals surface area contributed by atoms with Gasteiger partial charge in [-0.15, -0.1) is 0 Å². The zero-order chi connectivity index (χ0) is 10.4. The van der Waals surface area contributed by atoms with Crippen molar-refractivity contribution in [1.82, 2.24) is 0 Å². The lowest BCUT2D eigenvalue weighted by molar-refractivity contribution is -0.0870. The van der Waals surface area contributed by atoms with Crippen LogP contribution in [0.4, 0.5) is 0 Å². The second-order valence-corrected chi connectivity index (χ2v) is 3.53. The van der Waals surface area contributed by atoms with Gasteiger partial charge in [0.15, 0.2) is 0 Å². The number of hydrogen-bond acceptors (Lipinski definition) is 4. The van der Waals surface area contributed by atoms with Gasteiger partial charge in [0.1, 0.15) is 0 Å². The van der Waals surface area contributed by atoms with Crippen LogP contribution in [0, 0.1) is 0 Å². The number of aliphatic hydroxyl groups is 3. The number of hydrogen-bond donors (Lipinski definition) is 3. The zero-order valence-electron chi connectivity index (χ0n) is 8.17. The van der Waals surface area contributed by atoms with Gasteiger partial charge in [0.2, 0.25) is 0 Å². The van der Waals surface area contributed by atoms with Gasteiger partial charge < -0.3 is 20.1 Å². The molecule has 1 heterocycles. The third kappa shape index (κ3) is 3.75. The molecule has 82 valence electrons. The van der Waals surface area contributed by atoms with E-state index in [1.54, 1.807) is 0 Å². The molecule has 1 rings (SSSR count). The van der Waals surface area contributed by atoms with Gasteiger partial charge in [0.25, 0.3) is 0 Å². The van der Waals surface area contributed by atoms with Gasteiger partial charge >= 0.3 is 0 Å². The fourth-order valence-electron chi connectivity index (χ4n) is 1.58. The van der Waals surface area contributed by atoms with Crippen LogP contribution in [0.3, 0.4) is 0 Å². The normalized spacial score (nSPS) is 30.8. The molecule has 1 saturated heterocycles. The molecule has 0 radical (unpaired) electrons. The number of aliphatic hydroxyl groups excluding tert-OH is 3. The van der Waals surface area contributed by atoms with Gasteiger partial charge in [-0.3, -0.25) is 0 Å². The summed E-state index contributed by atoms with van der Waals surface area (Å²) in [7, 11) is 0. The fraction of sp³-hybridized carbons (Fsp3) is 0.800. The van der Waals surface area contributed by atoms with Gasteiger partial charge in [0, 0.05) is 13.0 Å². The van der Waals surface area contributed by atoms with Crippen molar-refractivity contribution in [3.63, 3.8) is 0 Å². The predicted molar refractivity (Wildman–Crippen MR) is 51.8 cm³/mol. The lowest BCUT2D eigenvalue weighted by atomic mass is 10.00. The summed E-state index contributed by atoms with van der Waals surface area (Å²) in [4.78, 5) is 0. The summed E-state index contributed by atoms with van der Waals surface area (Å²) in [6.45, 7) is 0.573. The first kappa shape index (κ1) is 11.7. The first-order chi connectivity index (χ1) is 6.74. The topological polar surface area (TPSA) is 69.9 Å². The van der Waals surface area contributed by atoms with Crippen LogP contribution in [0.1, 0.15) is 19.3 Å². The van der Waals surface area contributed by atoms with Crippen LogP contribution in [0.15, 0.2) is 12.2 Å². The molecule has 0 bridgehead atoms. The summed E-state index contributed by atoms with van der Waals surface area (Å²) in [6.07, 6.45) is 3.60. The molecule has 0 amide bonds. The van der Waals surface area contributed by atoms with Crippen molar-refractivity contribution in [3.05, 3.63) is 12.2 Å². The van der Waals surface area contributed by atoms with E-state index in [0.717, 1.165) is 12.8 Å². The fourth-order valence-corrected chi connectivity index (χ4v) is 1.58. The molecule has 0 unspecified atom stereocenters. The maximum Gasteiger partial charge on any atom is 0.0861 e. The van der Waals surface area contributed by atoms with Gasteiger partial charge in [-0.1, -0.05) is 12.2 Å². The first-order valence-corrected chi connectivity index (χ1v) is 4.99. The van der Waals surface area contributed by atoms with Crippen LogP contribution < -0.4 is 0 Å². The quantitative estimate of drug-likeness (QED) is 0.553. The molecule has 14 heavy (non-hydrogen) atoms. The Hall–Kier alpha value is -0.420. The van der Waals surface area contributed by atoms with Crippen LogP contribution in [0.25, 0.3) is 0 Å². The highest BCUT2D eigenvalue weighted by Gasteiger charge is 2.25. The standard InChI is InChI=1S/C10H18O4/c11-5-1-3-8(12)7-10-9(13)4-2-6-14-10/h1,3,8-13H,2,4-7H2/b3-1-/t8-,9+,10-/m1/s1. The summed E-state index contributed by atoms with van der Waals surface area (Å²) in [5.74, 6) is 0. The molecule has 0 saturated carbocycles. The SMILES string of the molecule is OC/C=C\[C@@H](O)C[C@H]1OCCC[C@@H]1O. The van der Waals surface area contributed by atoms with Crippen LogP contribution in [0.2, 0.25) is 0 Å². The maximum absolute atomic E-state index is 9.53. The van der Waals surface area contributed by atoms with Crippen molar-refractivity contribution in [2.45, 2.75) is 37.6 Å². The van der Waals surface area contributed by atoms with E-state index in [1.165, 1.54) is 12.2 Å². The minimum Gasteiger partial charge on any atom is -0.392 e. The van der Waals surface area contributed by atoms with Crippen molar-refractivity contribution in [2.24, 2.45) is 0 Å². The third-order valence-corrected chi connectivity index (χ3v) is 2.34.